The molecule has 3 aromatic rings. The second-order valence-corrected chi connectivity index (χ2v) is 6.84. The van der Waals surface area contributed by atoms with Gasteiger partial charge in [0.25, 0.3) is 5.91 Å². The van der Waals surface area contributed by atoms with Crippen LogP contribution < -0.4 is 0 Å². The van der Waals surface area contributed by atoms with Gasteiger partial charge >= 0.3 is 0 Å². The first-order valence-corrected chi connectivity index (χ1v) is 8.73. The summed E-state index contributed by atoms with van der Waals surface area (Å²) in [5.41, 5.74) is 2.75. The number of aliphatic hydroxyl groups is 1. The standard InChI is InChI=1S/C20H22N2O3/c1-13-6-7-14-11-17(21-16(14)10-13)20(24)22-8-2-4-15(22)12-18(23)19-5-3-9-25-19/h3,5-7,9-11,15,18,21,23H,2,4,8,12H2,1H3. The Kier molecular flexibility index (Phi) is 4.09. The highest BCUT2D eigenvalue weighted by molar-refractivity contribution is 5.98. The van der Waals surface area contributed by atoms with Gasteiger partial charge in [0.1, 0.15) is 17.6 Å². The molecule has 1 fully saturated rings. The van der Waals surface area contributed by atoms with Gasteiger partial charge in [0.05, 0.1) is 6.26 Å². The van der Waals surface area contributed by atoms with E-state index >= 15 is 0 Å². The highest BCUT2D eigenvalue weighted by atomic mass is 16.4. The minimum atomic E-state index is -0.682. The van der Waals surface area contributed by atoms with Gasteiger partial charge in [0.15, 0.2) is 0 Å². The summed E-state index contributed by atoms with van der Waals surface area (Å²) in [4.78, 5) is 18.1. The summed E-state index contributed by atoms with van der Waals surface area (Å²) >= 11 is 0. The monoisotopic (exact) mass is 338 g/mol. The van der Waals surface area contributed by atoms with E-state index in [1.165, 1.54) is 0 Å². The summed E-state index contributed by atoms with van der Waals surface area (Å²) in [6.45, 7) is 2.76. The number of nitrogens with one attached hydrogen (secondary N) is 1. The van der Waals surface area contributed by atoms with Gasteiger partial charge in [-0.25, -0.2) is 0 Å². The van der Waals surface area contributed by atoms with Gasteiger partial charge in [-0.05, 0) is 49.6 Å². The van der Waals surface area contributed by atoms with Crippen molar-refractivity contribution in [1.29, 1.82) is 0 Å². The summed E-state index contributed by atoms with van der Waals surface area (Å²) in [5.74, 6) is 0.559. The van der Waals surface area contributed by atoms with E-state index in [9.17, 15) is 9.90 Å². The van der Waals surface area contributed by atoms with Crippen molar-refractivity contribution in [3.63, 3.8) is 0 Å². The molecular weight excluding hydrogens is 316 g/mol. The number of hydrogen-bond donors (Lipinski definition) is 2. The smallest absolute Gasteiger partial charge is 0.270 e. The van der Waals surface area contributed by atoms with E-state index in [0.29, 0.717) is 17.9 Å². The highest BCUT2D eigenvalue weighted by Gasteiger charge is 2.32. The maximum Gasteiger partial charge on any atom is 0.270 e. The molecule has 3 heterocycles. The Bertz CT molecular complexity index is 882. The fourth-order valence-electron chi connectivity index (χ4n) is 3.71. The number of furan rings is 1. The number of aromatic nitrogens is 1. The van der Waals surface area contributed by atoms with Crippen LogP contribution in [0.5, 0.6) is 0 Å². The van der Waals surface area contributed by atoms with Crippen molar-refractivity contribution >= 4 is 16.8 Å². The van der Waals surface area contributed by atoms with Crippen molar-refractivity contribution in [2.24, 2.45) is 0 Å². The molecule has 2 N–H and O–H groups in total. The zero-order valence-electron chi connectivity index (χ0n) is 14.2. The van der Waals surface area contributed by atoms with E-state index in [-0.39, 0.29) is 11.9 Å². The number of fused-ring (bicyclic) bond motifs is 1. The predicted octanol–water partition coefficient (Wildman–Crippen LogP) is 3.80. The number of aryl methyl sites for hydroxylation is 1. The molecule has 0 bridgehead atoms. The van der Waals surface area contributed by atoms with Crippen LogP contribution in [0.3, 0.4) is 0 Å². The molecule has 1 amide bonds. The molecule has 25 heavy (non-hydrogen) atoms. The molecule has 0 saturated carbocycles. The lowest BCUT2D eigenvalue weighted by molar-refractivity contribution is 0.0637. The molecule has 5 nitrogen and oxygen atoms in total. The minimum absolute atomic E-state index is 0.00278. The molecule has 1 aromatic carbocycles. The molecule has 1 saturated heterocycles. The minimum Gasteiger partial charge on any atom is -0.467 e. The van der Waals surface area contributed by atoms with Crippen LogP contribution >= 0.6 is 0 Å². The molecular formula is C20H22N2O3. The average Bonchev–Trinajstić information content (AvgIpc) is 3.33. The molecule has 130 valence electrons. The summed E-state index contributed by atoms with van der Waals surface area (Å²) in [6.07, 6.45) is 3.24. The molecule has 2 atom stereocenters. The van der Waals surface area contributed by atoms with Crippen LogP contribution in [-0.4, -0.2) is 33.5 Å². The number of carbonyl (C=O) groups is 1. The van der Waals surface area contributed by atoms with E-state index < -0.39 is 6.10 Å². The number of nitrogens with zero attached hydrogens (tertiary/aromatic N) is 1. The topological polar surface area (TPSA) is 69.5 Å². The fraction of sp³-hybridized carbons (Fsp3) is 0.350. The van der Waals surface area contributed by atoms with Gasteiger partial charge in [-0.2, -0.15) is 0 Å². The third-order valence-electron chi connectivity index (χ3n) is 5.01. The number of rotatable bonds is 4. The summed E-state index contributed by atoms with van der Waals surface area (Å²) in [7, 11) is 0. The third-order valence-corrected chi connectivity index (χ3v) is 5.01. The maximum absolute atomic E-state index is 13.0. The average molecular weight is 338 g/mol. The zero-order valence-corrected chi connectivity index (χ0v) is 14.2. The van der Waals surface area contributed by atoms with Crippen molar-refractivity contribution < 1.29 is 14.3 Å². The lowest BCUT2D eigenvalue weighted by atomic mass is 10.0. The molecule has 2 unspecified atom stereocenters. The second-order valence-electron chi connectivity index (χ2n) is 6.84. The van der Waals surface area contributed by atoms with Gasteiger partial charge in [-0.3, -0.25) is 4.79 Å². The van der Waals surface area contributed by atoms with Crippen LogP contribution in [0, 0.1) is 6.92 Å². The molecule has 1 aliphatic rings. The second kappa shape index (κ2) is 6.41. The number of amides is 1. The Morgan fingerprint density at radius 2 is 2.28 bits per heavy atom. The SMILES string of the molecule is Cc1ccc2cc(C(=O)N3CCCC3CC(O)c3ccco3)[nH]c2c1. The third kappa shape index (κ3) is 3.07. The normalized spacial score (nSPS) is 18.8. The lowest BCUT2D eigenvalue weighted by Crippen LogP contribution is -2.36. The van der Waals surface area contributed by atoms with Crippen LogP contribution in [0.25, 0.3) is 10.9 Å². The predicted molar refractivity (Wildman–Crippen MR) is 95.4 cm³/mol. The van der Waals surface area contributed by atoms with Crippen LogP contribution in [0.4, 0.5) is 0 Å². The number of aromatic amines is 1. The van der Waals surface area contributed by atoms with E-state index in [1.807, 2.05) is 36.1 Å². The Morgan fingerprint density at radius 3 is 3.08 bits per heavy atom. The molecule has 4 rings (SSSR count). The number of aliphatic hydroxyl groups excluding tert-OH is 1. The van der Waals surface area contributed by atoms with Gasteiger partial charge in [-0.1, -0.05) is 12.1 Å². The van der Waals surface area contributed by atoms with Crippen LogP contribution in [0.1, 0.15) is 47.2 Å². The van der Waals surface area contributed by atoms with Crippen LogP contribution in [0.2, 0.25) is 0 Å². The Hall–Kier alpha value is -2.53. The Labute approximate surface area is 146 Å². The first-order chi connectivity index (χ1) is 12.1. The van der Waals surface area contributed by atoms with E-state index in [2.05, 4.69) is 4.98 Å². The van der Waals surface area contributed by atoms with Crippen molar-refractivity contribution in [3.8, 4) is 0 Å². The molecule has 0 radical (unpaired) electrons. The molecule has 1 aliphatic heterocycles. The van der Waals surface area contributed by atoms with Crippen LogP contribution in [0.15, 0.2) is 47.1 Å². The van der Waals surface area contributed by atoms with Gasteiger partial charge < -0.3 is 19.4 Å². The Balaban J connectivity index is 1.53. The van der Waals surface area contributed by atoms with Crippen molar-refractivity contribution in [1.82, 2.24) is 9.88 Å². The quantitative estimate of drug-likeness (QED) is 0.760. The van der Waals surface area contributed by atoms with Crippen molar-refractivity contribution in [3.05, 3.63) is 59.7 Å². The van der Waals surface area contributed by atoms with Gasteiger partial charge in [0.2, 0.25) is 0 Å². The molecule has 2 aromatic heterocycles. The first-order valence-electron chi connectivity index (χ1n) is 8.73. The first kappa shape index (κ1) is 16.0. The van der Waals surface area contributed by atoms with E-state index in [1.54, 1.807) is 18.4 Å². The summed E-state index contributed by atoms with van der Waals surface area (Å²) in [5, 5.41) is 11.4. The van der Waals surface area contributed by atoms with Crippen LogP contribution in [-0.2, 0) is 0 Å². The van der Waals surface area contributed by atoms with Gasteiger partial charge in [0, 0.05) is 29.9 Å². The van der Waals surface area contributed by atoms with E-state index in [4.69, 9.17) is 4.42 Å². The highest BCUT2D eigenvalue weighted by Crippen LogP contribution is 2.29. The number of likely N-dealkylation sites (tertiary alicyclic amines) is 1. The number of H-pyrrole nitrogens is 1. The number of hydrogen-bond acceptors (Lipinski definition) is 3. The summed E-state index contributed by atoms with van der Waals surface area (Å²) in [6, 6.07) is 11.6. The number of carbonyl (C=O) groups excluding carboxylic acids is 1. The van der Waals surface area contributed by atoms with Gasteiger partial charge in [-0.15, -0.1) is 0 Å². The largest absolute Gasteiger partial charge is 0.467 e. The van der Waals surface area contributed by atoms with Crippen molar-refractivity contribution in [2.75, 3.05) is 6.54 Å². The van der Waals surface area contributed by atoms with E-state index in [0.717, 1.165) is 35.9 Å². The maximum atomic E-state index is 13.0. The Morgan fingerprint density at radius 1 is 1.40 bits per heavy atom. The number of benzene rings is 1. The summed E-state index contributed by atoms with van der Waals surface area (Å²) < 4.78 is 5.28. The zero-order chi connectivity index (χ0) is 17.4. The van der Waals surface area contributed by atoms with Crippen molar-refractivity contribution in [2.45, 2.75) is 38.3 Å². The molecule has 5 heteroatoms. The molecule has 0 aliphatic carbocycles. The lowest BCUT2D eigenvalue weighted by Gasteiger charge is -2.25. The fourth-order valence-corrected chi connectivity index (χ4v) is 3.71. The molecule has 0 spiro atoms.